The Morgan fingerprint density at radius 1 is 1.55 bits per heavy atom. The summed E-state index contributed by atoms with van der Waals surface area (Å²) in [7, 11) is 0. The second-order valence-electron chi connectivity index (χ2n) is 2.11. The van der Waals surface area contributed by atoms with Gasteiger partial charge >= 0.3 is 0 Å². The Kier molecular flexibility index (Phi) is 1.29. The smallest absolute Gasteiger partial charge is 0.278 e. The molecule has 0 aromatic carbocycles. The Morgan fingerprint density at radius 3 is 3.18 bits per heavy atom. The number of rotatable bonds is 0. The quantitative estimate of drug-likeness (QED) is 0.601. The monoisotopic (exact) mass is 169 g/mol. The normalized spacial score (nSPS) is 10.7. The van der Waals surface area contributed by atoms with Crippen LogP contribution in [0.1, 0.15) is 5.69 Å². The Hall–Kier alpha value is -1.16. The topological polar surface area (TPSA) is 51.8 Å². The lowest BCUT2D eigenvalue weighted by Crippen LogP contribution is -1.80. The second-order valence-corrected chi connectivity index (χ2v) is 2.50. The SMILES string of the molecule is Cc1noc2nc(Cl)cnc12. The molecule has 0 radical (unpaired) electrons. The van der Waals surface area contributed by atoms with E-state index >= 15 is 0 Å². The van der Waals surface area contributed by atoms with E-state index in [2.05, 4.69) is 15.1 Å². The first kappa shape index (κ1) is 6.54. The van der Waals surface area contributed by atoms with Gasteiger partial charge in [0.2, 0.25) is 0 Å². The number of aryl methyl sites for hydroxylation is 1. The highest BCUT2D eigenvalue weighted by molar-refractivity contribution is 6.29. The molecule has 2 aromatic heterocycles. The molecule has 2 heterocycles. The third kappa shape index (κ3) is 0.952. The van der Waals surface area contributed by atoms with Crippen molar-refractivity contribution in [2.75, 3.05) is 0 Å². The molecular formula is C6H4ClN3O. The van der Waals surface area contributed by atoms with Gasteiger partial charge in [-0.05, 0) is 6.92 Å². The first-order valence-corrected chi connectivity index (χ1v) is 3.39. The molecule has 0 aliphatic heterocycles. The van der Waals surface area contributed by atoms with Crippen LogP contribution in [-0.2, 0) is 0 Å². The maximum absolute atomic E-state index is 5.57. The first-order chi connectivity index (χ1) is 5.27. The maximum atomic E-state index is 5.57. The van der Waals surface area contributed by atoms with Crippen LogP contribution in [0.4, 0.5) is 0 Å². The van der Waals surface area contributed by atoms with Crippen LogP contribution in [0.15, 0.2) is 10.7 Å². The molecule has 0 fully saturated rings. The van der Waals surface area contributed by atoms with Crippen LogP contribution in [0.25, 0.3) is 11.2 Å². The van der Waals surface area contributed by atoms with Gasteiger partial charge in [-0.25, -0.2) is 4.98 Å². The summed E-state index contributed by atoms with van der Waals surface area (Å²) in [5, 5.41) is 3.99. The van der Waals surface area contributed by atoms with E-state index in [0.717, 1.165) is 5.69 Å². The summed E-state index contributed by atoms with van der Waals surface area (Å²) < 4.78 is 4.82. The van der Waals surface area contributed by atoms with Crippen LogP contribution in [0.3, 0.4) is 0 Å². The van der Waals surface area contributed by atoms with Crippen molar-refractivity contribution in [3.05, 3.63) is 17.0 Å². The molecule has 0 bridgehead atoms. The minimum Gasteiger partial charge on any atom is -0.334 e. The van der Waals surface area contributed by atoms with Gasteiger partial charge in [-0.1, -0.05) is 16.8 Å². The van der Waals surface area contributed by atoms with Crippen LogP contribution in [0.2, 0.25) is 5.15 Å². The maximum Gasteiger partial charge on any atom is 0.278 e. The fraction of sp³-hybridized carbons (Fsp3) is 0.167. The minimum absolute atomic E-state index is 0.314. The lowest BCUT2D eigenvalue weighted by molar-refractivity contribution is 0.443. The summed E-state index contributed by atoms with van der Waals surface area (Å²) in [5.41, 5.74) is 1.77. The number of nitrogens with zero attached hydrogens (tertiary/aromatic N) is 3. The molecule has 0 spiro atoms. The van der Waals surface area contributed by atoms with Gasteiger partial charge in [0.15, 0.2) is 10.7 Å². The Bertz CT molecular complexity index is 398. The molecule has 5 heteroatoms. The van der Waals surface area contributed by atoms with Crippen molar-refractivity contribution in [3.63, 3.8) is 0 Å². The molecule has 0 saturated carbocycles. The summed E-state index contributed by atoms with van der Waals surface area (Å²) in [6, 6.07) is 0. The van der Waals surface area contributed by atoms with Crippen LogP contribution >= 0.6 is 11.6 Å². The molecule has 0 aliphatic carbocycles. The number of aromatic nitrogens is 3. The number of hydrogen-bond acceptors (Lipinski definition) is 4. The fourth-order valence-electron chi connectivity index (χ4n) is 0.819. The molecule has 0 aliphatic rings. The predicted molar refractivity (Wildman–Crippen MR) is 39.3 cm³/mol. The number of fused-ring (bicyclic) bond motifs is 1. The van der Waals surface area contributed by atoms with E-state index in [-0.39, 0.29) is 0 Å². The summed E-state index contributed by atoms with van der Waals surface area (Å²) in [6.07, 6.45) is 1.47. The lowest BCUT2D eigenvalue weighted by Gasteiger charge is -1.85. The van der Waals surface area contributed by atoms with E-state index in [1.807, 2.05) is 0 Å². The third-order valence-electron chi connectivity index (χ3n) is 1.32. The van der Waals surface area contributed by atoms with Gasteiger partial charge in [0, 0.05) is 0 Å². The van der Waals surface area contributed by atoms with Gasteiger partial charge in [-0.15, -0.1) is 0 Å². The highest BCUT2D eigenvalue weighted by Gasteiger charge is 2.05. The zero-order chi connectivity index (χ0) is 7.84. The van der Waals surface area contributed by atoms with Crippen molar-refractivity contribution >= 4 is 22.8 Å². The molecule has 0 unspecified atom stereocenters. The Labute approximate surface area is 67.2 Å². The minimum atomic E-state index is 0.314. The number of halogens is 1. The Morgan fingerprint density at radius 2 is 2.36 bits per heavy atom. The number of hydrogen-bond donors (Lipinski definition) is 0. The average Bonchev–Trinajstić information content (AvgIpc) is 2.32. The third-order valence-corrected chi connectivity index (χ3v) is 1.50. The van der Waals surface area contributed by atoms with Crippen LogP contribution in [0.5, 0.6) is 0 Å². The van der Waals surface area contributed by atoms with Crippen LogP contribution in [0, 0.1) is 6.92 Å². The summed E-state index contributed by atoms with van der Waals surface area (Å²) >= 11 is 5.57. The highest BCUT2D eigenvalue weighted by Crippen LogP contribution is 2.14. The molecule has 0 amide bonds. The molecular weight excluding hydrogens is 166 g/mol. The molecule has 11 heavy (non-hydrogen) atoms. The molecule has 0 saturated heterocycles. The summed E-state index contributed by atoms with van der Waals surface area (Å²) in [4.78, 5) is 7.86. The van der Waals surface area contributed by atoms with E-state index in [1.165, 1.54) is 6.20 Å². The van der Waals surface area contributed by atoms with Gasteiger partial charge in [-0.3, -0.25) is 0 Å². The van der Waals surface area contributed by atoms with Crippen molar-refractivity contribution in [1.29, 1.82) is 0 Å². The van der Waals surface area contributed by atoms with E-state index in [1.54, 1.807) is 6.92 Å². The van der Waals surface area contributed by atoms with E-state index in [9.17, 15) is 0 Å². The van der Waals surface area contributed by atoms with Gasteiger partial charge in [0.05, 0.1) is 6.20 Å². The van der Waals surface area contributed by atoms with Gasteiger partial charge in [0.1, 0.15) is 5.69 Å². The molecule has 0 N–H and O–H groups in total. The first-order valence-electron chi connectivity index (χ1n) is 3.02. The Balaban J connectivity index is 2.86. The van der Waals surface area contributed by atoms with Crippen molar-refractivity contribution in [2.45, 2.75) is 6.92 Å². The fourth-order valence-corrected chi connectivity index (χ4v) is 0.944. The summed E-state index contributed by atoms with van der Waals surface area (Å²) in [5.74, 6) is 0. The van der Waals surface area contributed by atoms with Crippen molar-refractivity contribution < 1.29 is 4.52 Å². The standard InChI is InChI=1S/C6H4ClN3O/c1-3-5-6(11-10-3)9-4(7)2-8-5/h2H,1H3. The molecule has 0 atom stereocenters. The van der Waals surface area contributed by atoms with E-state index < -0.39 is 0 Å². The molecule has 4 nitrogen and oxygen atoms in total. The molecule has 56 valence electrons. The molecule has 2 rings (SSSR count). The zero-order valence-corrected chi connectivity index (χ0v) is 6.46. The average molecular weight is 170 g/mol. The van der Waals surface area contributed by atoms with E-state index in [0.29, 0.717) is 16.4 Å². The van der Waals surface area contributed by atoms with E-state index in [4.69, 9.17) is 16.1 Å². The van der Waals surface area contributed by atoms with Crippen LogP contribution in [-0.4, -0.2) is 15.1 Å². The van der Waals surface area contributed by atoms with Gasteiger partial charge < -0.3 is 4.52 Å². The summed E-state index contributed by atoms with van der Waals surface area (Å²) in [6.45, 7) is 1.80. The van der Waals surface area contributed by atoms with Crippen molar-refractivity contribution in [3.8, 4) is 0 Å². The largest absolute Gasteiger partial charge is 0.334 e. The highest BCUT2D eigenvalue weighted by atomic mass is 35.5. The van der Waals surface area contributed by atoms with Gasteiger partial charge in [-0.2, -0.15) is 4.98 Å². The zero-order valence-electron chi connectivity index (χ0n) is 5.71. The predicted octanol–water partition coefficient (Wildman–Crippen LogP) is 1.58. The van der Waals surface area contributed by atoms with Crippen LogP contribution < -0.4 is 0 Å². The van der Waals surface area contributed by atoms with Crippen molar-refractivity contribution in [1.82, 2.24) is 15.1 Å². The van der Waals surface area contributed by atoms with Gasteiger partial charge in [0.25, 0.3) is 5.71 Å². The molecule has 2 aromatic rings. The lowest BCUT2D eigenvalue weighted by atomic mass is 10.4. The van der Waals surface area contributed by atoms with Crippen molar-refractivity contribution in [2.24, 2.45) is 0 Å². The second kappa shape index (κ2) is 2.17.